The summed E-state index contributed by atoms with van der Waals surface area (Å²) in [4.78, 5) is 46.9. The van der Waals surface area contributed by atoms with Crippen molar-refractivity contribution < 1.29 is 34.5 Å². The van der Waals surface area contributed by atoms with Gasteiger partial charge in [0.25, 0.3) is 5.54 Å². The number of carboxylic acid groups (broad SMARTS) is 3. The van der Waals surface area contributed by atoms with Crippen LogP contribution < -0.4 is 0 Å². The Morgan fingerprint density at radius 1 is 1.10 bits per heavy atom. The Morgan fingerprint density at radius 3 is 1.86 bits per heavy atom. The molecule has 0 radical (unpaired) electrons. The van der Waals surface area contributed by atoms with Crippen LogP contribution in [0.4, 0.5) is 0 Å². The third kappa shape index (κ3) is 2.08. The molecule has 0 amide bonds. The van der Waals surface area contributed by atoms with Gasteiger partial charge in [-0.2, -0.15) is 10.2 Å². The summed E-state index contributed by atoms with van der Waals surface area (Å²) >= 11 is 0. The Bertz CT molecular complexity index is 514. The lowest BCUT2D eigenvalue weighted by Crippen LogP contribution is -2.65. The molecule has 1 heterocycles. The highest BCUT2D eigenvalue weighted by molar-refractivity contribution is 6.27. The summed E-state index contributed by atoms with van der Waals surface area (Å²) in [6, 6.07) is -1.06. The van der Waals surface area contributed by atoms with Gasteiger partial charge in [0.1, 0.15) is 6.04 Å². The van der Waals surface area contributed by atoms with Crippen LogP contribution >= 0.6 is 0 Å². The number of nitrogens with zero attached hydrogens (tertiary/aromatic N) is 2. The molecule has 1 aliphatic rings. The lowest BCUT2D eigenvalue weighted by Gasteiger charge is -2.38. The van der Waals surface area contributed by atoms with Crippen LogP contribution in [0.25, 0.3) is 0 Å². The fourth-order valence-electron chi connectivity index (χ4n) is 2.42. The predicted octanol–water partition coefficient (Wildman–Crippen LogP) is 0.579. The molecule has 0 saturated carbocycles. The molecule has 2 atom stereocenters. The minimum absolute atomic E-state index is 0.0774. The minimum atomic E-state index is -2.83. The summed E-state index contributed by atoms with van der Waals surface area (Å²) in [6.07, 6.45) is -0.311. The third-order valence-electron chi connectivity index (χ3n) is 3.64. The molecule has 21 heavy (non-hydrogen) atoms. The van der Waals surface area contributed by atoms with Crippen LogP contribution in [0.15, 0.2) is 10.2 Å². The molecule has 0 aromatic rings. The van der Waals surface area contributed by atoms with E-state index in [4.69, 9.17) is 0 Å². The summed E-state index contributed by atoms with van der Waals surface area (Å²) in [5.41, 5.74) is -5.26. The number of carbonyl (C=O) groups excluding carboxylic acids is 1. The molecule has 1 aliphatic heterocycles. The van der Waals surface area contributed by atoms with Gasteiger partial charge >= 0.3 is 17.9 Å². The average Bonchev–Trinajstić information content (AvgIpc) is 2.34. The van der Waals surface area contributed by atoms with Gasteiger partial charge in [-0.25, -0.2) is 4.79 Å². The van der Waals surface area contributed by atoms with Crippen LogP contribution in [-0.2, 0) is 19.2 Å². The first-order valence-electron chi connectivity index (χ1n) is 6.38. The Morgan fingerprint density at radius 2 is 1.62 bits per heavy atom. The molecular formula is C12H16N2O7. The van der Waals surface area contributed by atoms with Crippen LogP contribution in [-0.4, -0.2) is 50.6 Å². The number of carbonyl (C=O) groups is 4. The van der Waals surface area contributed by atoms with Crippen molar-refractivity contribution in [3.05, 3.63) is 0 Å². The van der Waals surface area contributed by atoms with Gasteiger partial charge in [0, 0.05) is 0 Å². The maximum Gasteiger partial charge on any atom is 0.343 e. The lowest BCUT2D eigenvalue weighted by molar-refractivity contribution is -0.173. The van der Waals surface area contributed by atoms with E-state index in [1.807, 2.05) is 0 Å². The molecule has 0 aliphatic carbocycles. The maximum atomic E-state index is 12.6. The molecule has 116 valence electrons. The van der Waals surface area contributed by atoms with Gasteiger partial charge in [-0.05, 0) is 12.8 Å². The quantitative estimate of drug-likeness (QED) is 0.554. The number of azo groups is 1. The molecule has 0 aromatic heterocycles. The van der Waals surface area contributed by atoms with Crippen LogP contribution in [0, 0.1) is 5.41 Å². The molecule has 0 aromatic carbocycles. The van der Waals surface area contributed by atoms with Gasteiger partial charge in [0.15, 0.2) is 0 Å². The first-order chi connectivity index (χ1) is 9.71. The van der Waals surface area contributed by atoms with E-state index in [1.165, 1.54) is 6.92 Å². The minimum Gasteiger partial charge on any atom is -0.480 e. The van der Waals surface area contributed by atoms with Crippen LogP contribution in [0.5, 0.6) is 0 Å². The summed E-state index contributed by atoms with van der Waals surface area (Å²) in [5.74, 6) is -6.91. The standard InChI is InChI=1S/C12H16N2O7/c1-3-5-11(8(16)17,9(18)19)7(15)12(10(20)21)6(4-2)13-14-12/h6H,3-5H2,1-2H3,(H,16,17)(H,18,19)(H,20,21). The first-order valence-corrected chi connectivity index (χ1v) is 6.38. The van der Waals surface area contributed by atoms with Gasteiger partial charge in [0.05, 0.1) is 0 Å². The number of hydrogen-bond donors (Lipinski definition) is 3. The topological polar surface area (TPSA) is 154 Å². The zero-order chi connectivity index (χ0) is 16.4. The van der Waals surface area contributed by atoms with Crippen molar-refractivity contribution in [3.63, 3.8) is 0 Å². The molecule has 9 heteroatoms. The van der Waals surface area contributed by atoms with Gasteiger partial charge < -0.3 is 15.3 Å². The number of aliphatic carboxylic acids is 3. The highest BCUT2D eigenvalue weighted by atomic mass is 16.4. The molecule has 0 saturated heterocycles. The summed E-state index contributed by atoms with van der Waals surface area (Å²) in [7, 11) is 0. The van der Waals surface area contributed by atoms with Crippen molar-refractivity contribution in [2.75, 3.05) is 0 Å². The van der Waals surface area contributed by atoms with Crippen LogP contribution in [0.3, 0.4) is 0 Å². The van der Waals surface area contributed by atoms with Crippen molar-refractivity contribution in [1.82, 2.24) is 0 Å². The van der Waals surface area contributed by atoms with Crippen LogP contribution in [0.1, 0.15) is 33.1 Å². The first kappa shape index (κ1) is 16.7. The smallest absolute Gasteiger partial charge is 0.343 e. The number of carboxylic acids is 3. The normalized spacial score (nSPS) is 24.2. The van der Waals surface area contributed by atoms with Crippen molar-refractivity contribution in [2.45, 2.75) is 44.7 Å². The Kier molecular flexibility index (Phi) is 4.45. The van der Waals surface area contributed by atoms with E-state index in [0.717, 1.165) is 0 Å². The molecule has 9 nitrogen and oxygen atoms in total. The Hall–Kier alpha value is -2.32. The molecule has 3 N–H and O–H groups in total. The van der Waals surface area contributed by atoms with Crippen LogP contribution in [0.2, 0.25) is 0 Å². The average molecular weight is 300 g/mol. The summed E-state index contributed by atoms with van der Waals surface area (Å²) in [5, 5.41) is 34.6. The molecule has 0 fully saturated rings. The van der Waals surface area contributed by atoms with Gasteiger partial charge in [0.2, 0.25) is 11.2 Å². The zero-order valence-electron chi connectivity index (χ0n) is 11.6. The second-order valence-electron chi connectivity index (χ2n) is 4.81. The zero-order valence-corrected chi connectivity index (χ0v) is 11.6. The Balaban J connectivity index is 3.48. The number of Topliss-reactive ketones (excluding diaryl/α,β-unsaturated/α-hetero) is 1. The molecule has 2 unspecified atom stereocenters. The largest absolute Gasteiger partial charge is 0.480 e. The van der Waals surface area contributed by atoms with Crippen molar-refractivity contribution in [2.24, 2.45) is 15.6 Å². The molecular weight excluding hydrogens is 284 g/mol. The van der Waals surface area contributed by atoms with E-state index in [2.05, 4.69) is 10.2 Å². The number of hydrogen-bond acceptors (Lipinski definition) is 6. The van der Waals surface area contributed by atoms with Crippen molar-refractivity contribution in [3.8, 4) is 0 Å². The molecule has 1 rings (SSSR count). The second-order valence-corrected chi connectivity index (χ2v) is 4.81. The highest BCUT2D eigenvalue weighted by Crippen LogP contribution is 2.41. The van der Waals surface area contributed by atoms with Gasteiger partial charge in [-0.1, -0.05) is 20.3 Å². The number of ketones is 1. The maximum absolute atomic E-state index is 12.6. The van der Waals surface area contributed by atoms with Crippen molar-refractivity contribution >= 4 is 23.7 Å². The van der Waals surface area contributed by atoms with E-state index < -0.39 is 47.1 Å². The summed E-state index contributed by atoms with van der Waals surface area (Å²) in [6.45, 7) is 3.05. The van der Waals surface area contributed by atoms with E-state index in [-0.39, 0.29) is 12.8 Å². The van der Waals surface area contributed by atoms with E-state index in [0.29, 0.717) is 0 Å². The lowest BCUT2D eigenvalue weighted by atomic mass is 9.67. The SMILES string of the molecule is CCCC(C(=O)O)(C(=O)O)C(=O)C1(C(=O)O)N=NC1CC. The van der Waals surface area contributed by atoms with Gasteiger partial charge in [-0.3, -0.25) is 14.4 Å². The molecule has 0 bridgehead atoms. The summed E-state index contributed by atoms with van der Waals surface area (Å²) < 4.78 is 0. The van der Waals surface area contributed by atoms with Crippen molar-refractivity contribution in [1.29, 1.82) is 0 Å². The second kappa shape index (κ2) is 5.58. The monoisotopic (exact) mass is 300 g/mol. The number of rotatable bonds is 8. The highest BCUT2D eigenvalue weighted by Gasteiger charge is 2.68. The van der Waals surface area contributed by atoms with Gasteiger partial charge in [-0.15, -0.1) is 0 Å². The predicted molar refractivity (Wildman–Crippen MR) is 66.9 cm³/mol. The Labute approximate surface area is 119 Å². The third-order valence-corrected chi connectivity index (χ3v) is 3.64. The van der Waals surface area contributed by atoms with E-state index in [9.17, 15) is 34.5 Å². The molecule has 0 spiro atoms. The fourth-order valence-corrected chi connectivity index (χ4v) is 2.42. The van der Waals surface area contributed by atoms with E-state index >= 15 is 0 Å². The fraction of sp³-hybridized carbons (Fsp3) is 0.667. The van der Waals surface area contributed by atoms with E-state index in [1.54, 1.807) is 6.92 Å².